The lowest BCUT2D eigenvalue weighted by atomic mass is 10.1. The molecule has 1 amide bonds. The summed E-state index contributed by atoms with van der Waals surface area (Å²) in [4.78, 5) is 20.6. The molecule has 0 unspecified atom stereocenters. The Kier molecular flexibility index (Phi) is 4.95. The van der Waals surface area contributed by atoms with Gasteiger partial charge in [0, 0.05) is 35.7 Å². The maximum atomic E-state index is 12.8. The molecule has 0 bridgehead atoms. The van der Waals surface area contributed by atoms with Gasteiger partial charge in [-0.15, -0.1) is 0 Å². The van der Waals surface area contributed by atoms with Gasteiger partial charge in [-0.05, 0) is 49.2 Å². The van der Waals surface area contributed by atoms with E-state index in [0.29, 0.717) is 24.5 Å². The maximum absolute atomic E-state index is 12.8. The summed E-state index contributed by atoms with van der Waals surface area (Å²) >= 11 is 0. The average Bonchev–Trinajstić information content (AvgIpc) is 3.25. The zero-order valence-corrected chi connectivity index (χ0v) is 17.7. The second-order valence-corrected chi connectivity index (χ2v) is 9.67. The van der Waals surface area contributed by atoms with E-state index < -0.39 is 10.0 Å². The fraction of sp³-hybridized carbons (Fsp3) is 0.217. The van der Waals surface area contributed by atoms with Crippen molar-refractivity contribution < 1.29 is 13.2 Å². The highest BCUT2D eigenvalue weighted by atomic mass is 32.2. The number of hydrogen-bond acceptors (Lipinski definition) is 4. The molecule has 7 nitrogen and oxygen atoms in total. The molecule has 5 rings (SSSR count). The van der Waals surface area contributed by atoms with Gasteiger partial charge in [0.2, 0.25) is 10.0 Å². The molecule has 0 aliphatic carbocycles. The number of H-pyrrole nitrogens is 1. The third-order valence-electron chi connectivity index (χ3n) is 5.68. The van der Waals surface area contributed by atoms with Crippen LogP contribution >= 0.6 is 0 Å². The van der Waals surface area contributed by atoms with Gasteiger partial charge in [-0.25, -0.2) is 8.42 Å². The fourth-order valence-corrected chi connectivity index (χ4v) is 5.54. The summed E-state index contributed by atoms with van der Waals surface area (Å²) in [5.74, 6) is -0.299. The van der Waals surface area contributed by atoms with Crippen molar-refractivity contribution in [3.05, 3.63) is 66.5 Å². The van der Waals surface area contributed by atoms with E-state index in [4.69, 9.17) is 0 Å². The molecule has 1 aliphatic rings. The highest BCUT2D eigenvalue weighted by molar-refractivity contribution is 7.89. The maximum Gasteiger partial charge on any atom is 0.272 e. The molecule has 1 saturated heterocycles. The number of carbonyl (C=O) groups excluding carboxylic acids is 1. The van der Waals surface area contributed by atoms with Gasteiger partial charge in [0.1, 0.15) is 5.69 Å². The minimum absolute atomic E-state index is 0.246. The molecule has 0 radical (unpaired) electrons. The zero-order chi connectivity index (χ0) is 21.4. The Hall–Kier alpha value is -3.23. The molecule has 31 heavy (non-hydrogen) atoms. The molecule has 4 aromatic rings. The molecular weight excluding hydrogens is 412 g/mol. The Morgan fingerprint density at radius 2 is 1.71 bits per heavy atom. The van der Waals surface area contributed by atoms with Gasteiger partial charge in [-0.3, -0.25) is 9.78 Å². The largest absolute Gasteiger partial charge is 0.349 e. The molecule has 2 N–H and O–H groups in total. The monoisotopic (exact) mass is 434 g/mol. The Bertz CT molecular complexity index is 1370. The summed E-state index contributed by atoms with van der Waals surface area (Å²) in [5, 5.41) is 4.72. The van der Waals surface area contributed by atoms with E-state index in [2.05, 4.69) is 15.3 Å². The third-order valence-corrected chi connectivity index (χ3v) is 7.59. The number of piperidine rings is 1. The SMILES string of the molecule is O=C(Nc1ccc(S(=O)(=O)N2CCCCC2)cc1)c1cc2ccc3cccnc3c2[nH]1. The number of pyridine rings is 1. The van der Waals surface area contributed by atoms with E-state index in [1.54, 1.807) is 36.5 Å². The van der Waals surface area contributed by atoms with Gasteiger partial charge >= 0.3 is 0 Å². The lowest BCUT2D eigenvalue weighted by Gasteiger charge is -2.25. The first-order chi connectivity index (χ1) is 15.0. The average molecular weight is 435 g/mol. The van der Waals surface area contributed by atoms with Crippen LogP contribution < -0.4 is 5.32 Å². The lowest BCUT2D eigenvalue weighted by Crippen LogP contribution is -2.35. The minimum atomic E-state index is -3.49. The first-order valence-electron chi connectivity index (χ1n) is 10.3. The number of carbonyl (C=O) groups is 1. The number of aromatic nitrogens is 2. The van der Waals surface area contributed by atoms with Gasteiger partial charge in [-0.2, -0.15) is 4.31 Å². The Morgan fingerprint density at radius 3 is 2.48 bits per heavy atom. The van der Waals surface area contributed by atoms with Crippen molar-refractivity contribution in [2.45, 2.75) is 24.2 Å². The predicted molar refractivity (Wildman–Crippen MR) is 121 cm³/mol. The molecule has 2 aromatic heterocycles. The van der Waals surface area contributed by atoms with Crippen LogP contribution in [-0.2, 0) is 10.0 Å². The molecule has 8 heteroatoms. The molecule has 3 heterocycles. The van der Waals surface area contributed by atoms with Crippen LogP contribution in [0.15, 0.2) is 65.7 Å². The zero-order valence-electron chi connectivity index (χ0n) is 16.8. The van der Waals surface area contributed by atoms with E-state index in [0.717, 1.165) is 41.1 Å². The van der Waals surface area contributed by atoms with Crippen molar-refractivity contribution in [3.8, 4) is 0 Å². The third kappa shape index (κ3) is 3.68. The topological polar surface area (TPSA) is 95.2 Å². The molecule has 1 aliphatic heterocycles. The van der Waals surface area contributed by atoms with Crippen LogP contribution in [0.3, 0.4) is 0 Å². The van der Waals surface area contributed by atoms with E-state index in [9.17, 15) is 13.2 Å². The summed E-state index contributed by atoms with van der Waals surface area (Å²) in [6, 6.07) is 15.9. The molecule has 0 atom stereocenters. The summed E-state index contributed by atoms with van der Waals surface area (Å²) in [7, 11) is -3.49. The number of aromatic amines is 1. The van der Waals surface area contributed by atoms with Crippen LogP contribution in [0.2, 0.25) is 0 Å². The number of amides is 1. The standard InChI is InChI=1S/C23H22N4O3S/c28-23(20-15-17-7-6-16-5-4-12-24-21(16)22(17)26-20)25-18-8-10-19(11-9-18)31(29,30)27-13-2-1-3-14-27/h4-12,15,26H,1-3,13-14H2,(H,25,28). The van der Waals surface area contributed by atoms with Crippen LogP contribution in [0, 0.1) is 0 Å². The van der Waals surface area contributed by atoms with Crippen LogP contribution in [0.1, 0.15) is 29.8 Å². The number of benzene rings is 2. The second kappa shape index (κ2) is 7.79. The highest BCUT2D eigenvalue weighted by Gasteiger charge is 2.25. The number of hydrogen-bond donors (Lipinski definition) is 2. The number of fused-ring (bicyclic) bond motifs is 3. The van der Waals surface area contributed by atoms with Crippen molar-refractivity contribution in [2.24, 2.45) is 0 Å². The smallest absolute Gasteiger partial charge is 0.272 e. The number of sulfonamides is 1. The van der Waals surface area contributed by atoms with Gasteiger partial charge in [0.25, 0.3) is 5.91 Å². The van der Waals surface area contributed by atoms with Gasteiger partial charge < -0.3 is 10.3 Å². The van der Waals surface area contributed by atoms with Crippen molar-refractivity contribution in [3.63, 3.8) is 0 Å². The van der Waals surface area contributed by atoms with E-state index in [-0.39, 0.29) is 10.8 Å². The van der Waals surface area contributed by atoms with Crippen LogP contribution in [0.5, 0.6) is 0 Å². The van der Waals surface area contributed by atoms with Crippen LogP contribution in [0.25, 0.3) is 21.8 Å². The highest BCUT2D eigenvalue weighted by Crippen LogP contribution is 2.25. The second-order valence-electron chi connectivity index (χ2n) is 7.73. The molecule has 1 fully saturated rings. The summed E-state index contributed by atoms with van der Waals surface area (Å²) < 4.78 is 27.1. The van der Waals surface area contributed by atoms with E-state index in [1.165, 1.54) is 4.31 Å². The van der Waals surface area contributed by atoms with Gasteiger partial charge in [-0.1, -0.05) is 24.6 Å². The summed E-state index contributed by atoms with van der Waals surface area (Å²) in [6.45, 7) is 1.12. The molecule has 0 spiro atoms. The van der Waals surface area contributed by atoms with Gasteiger partial charge in [0.15, 0.2) is 0 Å². The van der Waals surface area contributed by atoms with Crippen LogP contribution in [-0.4, -0.2) is 41.7 Å². The van der Waals surface area contributed by atoms with Crippen molar-refractivity contribution >= 4 is 43.4 Å². The molecule has 2 aromatic carbocycles. The molecule has 0 saturated carbocycles. The van der Waals surface area contributed by atoms with Gasteiger partial charge in [0.05, 0.1) is 15.9 Å². The number of nitrogens with zero attached hydrogens (tertiary/aromatic N) is 2. The van der Waals surface area contributed by atoms with Crippen molar-refractivity contribution in [1.29, 1.82) is 0 Å². The minimum Gasteiger partial charge on any atom is -0.349 e. The summed E-state index contributed by atoms with van der Waals surface area (Å²) in [6.07, 6.45) is 4.57. The van der Waals surface area contributed by atoms with Crippen molar-refractivity contribution in [1.82, 2.24) is 14.3 Å². The Labute approximate surface area is 180 Å². The molecule has 158 valence electrons. The Balaban J connectivity index is 1.36. The molecular formula is C23H22N4O3S. The predicted octanol–water partition coefficient (Wildman–Crippen LogP) is 4.14. The number of nitrogens with one attached hydrogen (secondary N) is 2. The van der Waals surface area contributed by atoms with E-state index in [1.807, 2.05) is 24.3 Å². The van der Waals surface area contributed by atoms with Crippen molar-refractivity contribution in [2.75, 3.05) is 18.4 Å². The first-order valence-corrected chi connectivity index (χ1v) is 11.7. The van der Waals surface area contributed by atoms with Crippen LogP contribution in [0.4, 0.5) is 5.69 Å². The first kappa shape index (κ1) is 19.7. The summed E-state index contributed by atoms with van der Waals surface area (Å²) in [5.41, 5.74) is 2.57. The fourth-order valence-electron chi connectivity index (χ4n) is 4.02. The Morgan fingerprint density at radius 1 is 0.968 bits per heavy atom. The quantitative estimate of drug-likeness (QED) is 0.505. The number of rotatable bonds is 4. The number of anilines is 1. The normalized spacial score (nSPS) is 15.4. The lowest BCUT2D eigenvalue weighted by molar-refractivity contribution is 0.102. The van der Waals surface area contributed by atoms with E-state index >= 15 is 0 Å².